The summed E-state index contributed by atoms with van der Waals surface area (Å²) in [5.74, 6) is 1.53. The molecule has 5 heteroatoms. The first-order chi connectivity index (χ1) is 8.24. The van der Waals surface area contributed by atoms with E-state index in [0.29, 0.717) is 5.92 Å². The lowest BCUT2D eigenvalue weighted by Crippen LogP contribution is -2.29. The maximum Gasteiger partial charge on any atom is 0.130 e. The first kappa shape index (κ1) is 12.8. The third kappa shape index (κ3) is 4.24. The van der Waals surface area contributed by atoms with Gasteiger partial charge in [-0.3, -0.25) is 0 Å². The minimum Gasteiger partial charge on any atom is -0.370 e. The Balaban J connectivity index is 1.73. The predicted molar refractivity (Wildman–Crippen MR) is 73.1 cm³/mol. The van der Waals surface area contributed by atoms with E-state index in [4.69, 9.17) is 0 Å². The molecule has 1 N–H and O–H groups in total. The summed E-state index contributed by atoms with van der Waals surface area (Å²) >= 11 is 3.34. The minimum absolute atomic E-state index is 0.641. The van der Waals surface area contributed by atoms with Crippen molar-refractivity contribution < 1.29 is 0 Å². The van der Waals surface area contributed by atoms with Crippen LogP contribution in [0.4, 0.5) is 5.82 Å². The van der Waals surface area contributed by atoms with E-state index in [0.717, 1.165) is 17.0 Å². The molecule has 2 rings (SSSR count). The molecule has 0 aliphatic carbocycles. The van der Waals surface area contributed by atoms with Crippen LogP contribution < -0.4 is 5.32 Å². The van der Waals surface area contributed by atoms with E-state index < -0.39 is 0 Å². The molecule has 1 saturated heterocycles. The SMILES string of the molecule is CC(CNc1cc(Br)ncn1)CN1CCCC1. The summed E-state index contributed by atoms with van der Waals surface area (Å²) in [5.41, 5.74) is 0. The molecule has 0 radical (unpaired) electrons. The summed E-state index contributed by atoms with van der Waals surface area (Å²) in [6.07, 6.45) is 4.29. The Bertz CT molecular complexity index is 352. The molecule has 0 saturated carbocycles. The fourth-order valence-corrected chi connectivity index (χ4v) is 2.49. The van der Waals surface area contributed by atoms with Gasteiger partial charge in [-0.05, 0) is 47.8 Å². The van der Waals surface area contributed by atoms with Crippen LogP contribution in [0.5, 0.6) is 0 Å². The highest BCUT2D eigenvalue weighted by atomic mass is 79.9. The summed E-state index contributed by atoms with van der Waals surface area (Å²) in [6.45, 7) is 6.95. The van der Waals surface area contributed by atoms with Gasteiger partial charge in [0.2, 0.25) is 0 Å². The van der Waals surface area contributed by atoms with E-state index in [1.54, 1.807) is 6.33 Å². The molecular weight excluding hydrogens is 280 g/mol. The molecule has 1 aliphatic heterocycles. The standard InChI is InChI=1S/C12H19BrN4/c1-10(8-17-4-2-3-5-17)7-14-12-6-11(13)15-9-16-12/h6,9-10H,2-5,7-8H2,1H3,(H,14,15,16). The zero-order valence-electron chi connectivity index (χ0n) is 10.2. The van der Waals surface area contributed by atoms with E-state index in [9.17, 15) is 0 Å². The second-order valence-electron chi connectivity index (χ2n) is 4.72. The van der Waals surface area contributed by atoms with Crippen LogP contribution in [0.15, 0.2) is 17.0 Å². The fourth-order valence-electron chi connectivity index (χ4n) is 2.18. The number of nitrogens with one attached hydrogen (secondary N) is 1. The number of hydrogen-bond acceptors (Lipinski definition) is 4. The first-order valence-electron chi connectivity index (χ1n) is 6.18. The largest absolute Gasteiger partial charge is 0.370 e. The van der Waals surface area contributed by atoms with Crippen molar-refractivity contribution in [1.29, 1.82) is 0 Å². The van der Waals surface area contributed by atoms with Crippen LogP contribution in [0.1, 0.15) is 19.8 Å². The molecule has 1 atom stereocenters. The normalized spacial score (nSPS) is 18.2. The fraction of sp³-hybridized carbons (Fsp3) is 0.667. The second kappa shape index (κ2) is 6.31. The highest BCUT2D eigenvalue weighted by Gasteiger charge is 2.14. The van der Waals surface area contributed by atoms with Gasteiger partial charge in [0.1, 0.15) is 16.7 Å². The Morgan fingerprint density at radius 2 is 2.18 bits per heavy atom. The Hall–Kier alpha value is -0.680. The van der Waals surface area contributed by atoms with Crippen LogP contribution in [-0.2, 0) is 0 Å². The lowest BCUT2D eigenvalue weighted by Gasteiger charge is -2.20. The quantitative estimate of drug-likeness (QED) is 0.848. The molecule has 1 aliphatic rings. The third-order valence-electron chi connectivity index (χ3n) is 3.03. The van der Waals surface area contributed by atoms with Gasteiger partial charge in [0.25, 0.3) is 0 Å². The van der Waals surface area contributed by atoms with Crippen LogP contribution in [0.25, 0.3) is 0 Å². The number of aromatic nitrogens is 2. The summed E-state index contributed by atoms with van der Waals surface area (Å²) in [5, 5.41) is 3.35. The van der Waals surface area contributed by atoms with E-state index >= 15 is 0 Å². The van der Waals surface area contributed by atoms with Crippen molar-refractivity contribution in [3.8, 4) is 0 Å². The highest BCUT2D eigenvalue weighted by Crippen LogP contribution is 2.12. The molecule has 2 heterocycles. The summed E-state index contributed by atoms with van der Waals surface area (Å²) < 4.78 is 0.821. The minimum atomic E-state index is 0.641. The zero-order chi connectivity index (χ0) is 12.1. The van der Waals surface area contributed by atoms with Crippen molar-refractivity contribution >= 4 is 21.7 Å². The Labute approximate surface area is 111 Å². The monoisotopic (exact) mass is 298 g/mol. The molecular formula is C12H19BrN4. The molecule has 1 unspecified atom stereocenters. The molecule has 0 amide bonds. The number of anilines is 1. The molecule has 0 bridgehead atoms. The summed E-state index contributed by atoms with van der Waals surface area (Å²) in [4.78, 5) is 10.7. The van der Waals surface area contributed by atoms with E-state index in [-0.39, 0.29) is 0 Å². The molecule has 1 aromatic rings. The van der Waals surface area contributed by atoms with Crippen molar-refractivity contribution in [2.45, 2.75) is 19.8 Å². The van der Waals surface area contributed by atoms with Crippen LogP contribution in [0.2, 0.25) is 0 Å². The zero-order valence-corrected chi connectivity index (χ0v) is 11.8. The maximum absolute atomic E-state index is 4.18. The van der Waals surface area contributed by atoms with Crippen molar-refractivity contribution in [1.82, 2.24) is 14.9 Å². The molecule has 17 heavy (non-hydrogen) atoms. The molecule has 1 aromatic heterocycles. The average Bonchev–Trinajstić information content (AvgIpc) is 2.79. The smallest absolute Gasteiger partial charge is 0.130 e. The summed E-state index contributed by atoms with van der Waals surface area (Å²) in [6, 6.07) is 1.91. The van der Waals surface area contributed by atoms with Gasteiger partial charge in [-0.1, -0.05) is 6.92 Å². The van der Waals surface area contributed by atoms with Gasteiger partial charge in [-0.15, -0.1) is 0 Å². The van der Waals surface area contributed by atoms with Gasteiger partial charge >= 0.3 is 0 Å². The van der Waals surface area contributed by atoms with Gasteiger partial charge in [-0.25, -0.2) is 9.97 Å². The van der Waals surface area contributed by atoms with Crippen molar-refractivity contribution in [3.63, 3.8) is 0 Å². The first-order valence-corrected chi connectivity index (χ1v) is 6.97. The van der Waals surface area contributed by atoms with E-state index in [2.05, 4.69) is 43.0 Å². The van der Waals surface area contributed by atoms with Crippen molar-refractivity contribution in [3.05, 3.63) is 17.0 Å². The van der Waals surface area contributed by atoms with E-state index in [1.165, 1.54) is 32.5 Å². The van der Waals surface area contributed by atoms with Gasteiger partial charge in [0.05, 0.1) is 0 Å². The van der Waals surface area contributed by atoms with Crippen molar-refractivity contribution in [2.75, 3.05) is 31.5 Å². The van der Waals surface area contributed by atoms with Gasteiger partial charge in [-0.2, -0.15) is 0 Å². The topological polar surface area (TPSA) is 41.1 Å². The number of likely N-dealkylation sites (tertiary alicyclic amines) is 1. The third-order valence-corrected chi connectivity index (χ3v) is 3.47. The highest BCUT2D eigenvalue weighted by molar-refractivity contribution is 9.10. The maximum atomic E-state index is 4.18. The average molecular weight is 299 g/mol. The van der Waals surface area contributed by atoms with Gasteiger partial charge < -0.3 is 10.2 Å². The van der Waals surface area contributed by atoms with Crippen molar-refractivity contribution in [2.24, 2.45) is 5.92 Å². The lowest BCUT2D eigenvalue weighted by molar-refractivity contribution is 0.294. The molecule has 4 nitrogen and oxygen atoms in total. The molecule has 94 valence electrons. The Morgan fingerprint density at radius 1 is 1.41 bits per heavy atom. The van der Waals surface area contributed by atoms with Crippen LogP contribution in [0, 0.1) is 5.92 Å². The van der Waals surface area contributed by atoms with E-state index in [1.807, 2.05) is 6.07 Å². The second-order valence-corrected chi connectivity index (χ2v) is 5.53. The lowest BCUT2D eigenvalue weighted by atomic mass is 10.1. The Morgan fingerprint density at radius 3 is 2.88 bits per heavy atom. The van der Waals surface area contributed by atoms with Gasteiger partial charge in [0.15, 0.2) is 0 Å². The summed E-state index contributed by atoms with van der Waals surface area (Å²) in [7, 11) is 0. The van der Waals surface area contributed by atoms with Gasteiger partial charge in [0, 0.05) is 19.2 Å². The molecule has 1 fully saturated rings. The number of hydrogen-bond donors (Lipinski definition) is 1. The number of nitrogens with zero attached hydrogens (tertiary/aromatic N) is 3. The molecule has 0 spiro atoms. The van der Waals surface area contributed by atoms with Crippen LogP contribution >= 0.6 is 15.9 Å². The molecule has 0 aromatic carbocycles. The Kier molecular flexibility index (Phi) is 4.74. The van der Waals surface area contributed by atoms with Crippen LogP contribution in [0.3, 0.4) is 0 Å². The number of halogens is 1. The predicted octanol–water partition coefficient (Wildman–Crippen LogP) is 2.38. The van der Waals surface area contributed by atoms with Crippen LogP contribution in [-0.4, -0.2) is 41.0 Å². The number of rotatable bonds is 5.